The minimum absolute atomic E-state index is 0.0355. The van der Waals surface area contributed by atoms with Gasteiger partial charge in [-0.1, -0.05) is 0 Å². The molecule has 0 N–H and O–H groups in total. The maximum Gasteiger partial charge on any atom is 0.289 e. The second-order valence-electron chi connectivity index (χ2n) is 6.16. The first-order valence-electron chi connectivity index (χ1n) is 8.39. The summed E-state index contributed by atoms with van der Waals surface area (Å²) >= 11 is 0. The van der Waals surface area contributed by atoms with Gasteiger partial charge in [-0.25, -0.2) is 0 Å². The summed E-state index contributed by atoms with van der Waals surface area (Å²) in [5.41, 5.74) is 1.09. The molecule has 1 aliphatic heterocycles. The van der Waals surface area contributed by atoms with Crippen LogP contribution in [0.4, 0.5) is 0 Å². The molecule has 3 rings (SSSR count). The van der Waals surface area contributed by atoms with Crippen molar-refractivity contribution in [3.63, 3.8) is 0 Å². The lowest BCUT2D eigenvalue weighted by Crippen LogP contribution is -2.48. The van der Waals surface area contributed by atoms with E-state index in [9.17, 15) is 4.79 Å². The van der Waals surface area contributed by atoms with Gasteiger partial charge in [-0.15, -0.1) is 0 Å². The lowest BCUT2D eigenvalue weighted by Gasteiger charge is -2.34. The maximum absolute atomic E-state index is 12.4. The van der Waals surface area contributed by atoms with Crippen molar-refractivity contribution in [1.82, 2.24) is 9.80 Å². The van der Waals surface area contributed by atoms with Gasteiger partial charge in [-0.3, -0.25) is 9.69 Å². The molecule has 2 aromatic rings. The molecule has 1 aromatic carbocycles. The molecular formula is C19H24N2O4. The molecule has 6 nitrogen and oxygen atoms in total. The lowest BCUT2D eigenvalue weighted by atomic mass is 10.1. The van der Waals surface area contributed by atoms with Gasteiger partial charge in [-0.2, -0.15) is 0 Å². The van der Waals surface area contributed by atoms with Gasteiger partial charge in [0.1, 0.15) is 17.3 Å². The van der Waals surface area contributed by atoms with Gasteiger partial charge in [0.2, 0.25) is 0 Å². The van der Waals surface area contributed by atoms with Gasteiger partial charge in [-0.05, 0) is 37.3 Å². The van der Waals surface area contributed by atoms with Crippen molar-refractivity contribution in [2.45, 2.75) is 13.5 Å². The summed E-state index contributed by atoms with van der Waals surface area (Å²) in [6, 6.07) is 9.38. The molecule has 0 saturated carbocycles. The van der Waals surface area contributed by atoms with Crippen molar-refractivity contribution in [3.05, 3.63) is 47.4 Å². The molecule has 0 unspecified atom stereocenters. The maximum atomic E-state index is 12.4. The van der Waals surface area contributed by atoms with E-state index in [-0.39, 0.29) is 5.91 Å². The molecule has 1 aromatic heterocycles. The predicted molar refractivity (Wildman–Crippen MR) is 94.2 cm³/mol. The van der Waals surface area contributed by atoms with Crippen LogP contribution in [0.25, 0.3) is 0 Å². The van der Waals surface area contributed by atoms with Crippen molar-refractivity contribution in [3.8, 4) is 11.5 Å². The molecule has 1 aliphatic rings. The monoisotopic (exact) mass is 344 g/mol. The highest BCUT2D eigenvalue weighted by atomic mass is 16.5. The molecule has 0 bridgehead atoms. The van der Waals surface area contributed by atoms with E-state index in [1.54, 1.807) is 20.3 Å². The number of furan rings is 1. The molecule has 0 atom stereocenters. The SMILES string of the molecule is COc1ccc(OC)c(CN2CCN(C(=O)c3ccc(C)o3)CC2)c1. The van der Waals surface area contributed by atoms with E-state index in [0.717, 1.165) is 42.5 Å². The summed E-state index contributed by atoms with van der Waals surface area (Å²) in [6.07, 6.45) is 0. The molecule has 1 amide bonds. The van der Waals surface area contributed by atoms with Crippen molar-refractivity contribution in [2.75, 3.05) is 40.4 Å². The molecule has 134 valence electrons. The number of methoxy groups -OCH3 is 2. The summed E-state index contributed by atoms with van der Waals surface area (Å²) in [6.45, 7) is 5.60. The molecule has 0 radical (unpaired) electrons. The first-order chi connectivity index (χ1) is 12.1. The first-order valence-corrected chi connectivity index (χ1v) is 8.39. The molecule has 2 heterocycles. The number of piperazine rings is 1. The fourth-order valence-electron chi connectivity index (χ4n) is 3.06. The van der Waals surface area contributed by atoms with Crippen LogP contribution in [0.3, 0.4) is 0 Å². The highest BCUT2D eigenvalue weighted by Gasteiger charge is 2.24. The Hall–Kier alpha value is -2.47. The minimum atomic E-state index is -0.0355. The van der Waals surface area contributed by atoms with Crippen LogP contribution in [-0.4, -0.2) is 56.1 Å². The van der Waals surface area contributed by atoms with E-state index in [0.29, 0.717) is 18.8 Å². The van der Waals surface area contributed by atoms with Crippen LogP contribution in [0.1, 0.15) is 21.9 Å². The van der Waals surface area contributed by atoms with Crippen molar-refractivity contribution in [1.29, 1.82) is 0 Å². The van der Waals surface area contributed by atoms with Crippen LogP contribution < -0.4 is 9.47 Å². The van der Waals surface area contributed by atoms with E-state index < -0.39 is 0 Å². The normalized spacial score (nSPS) is 15.2. The summed E-state index contributed by atoms with van der Waals surface area (Å²) in [4.78, 5) is 16.6. The first kappa shape index (κ1) is 17.4. The molecule has 25 heavy (non-hydrogen) atoms. The Balaban J connectivity index is 1.60. The van der Waals surface area contributed by atoms with Crippen LogP contribution >= 0.6 is 0 Å². The molecule has 0 spiro atoms. The third-order valence-corrected chi connectivity index (χ3v) is 4.49. The number of hydrogen-bond donors (Lipinski definition) is 0. The quantitative estimate of drug-likeness (QED) is 0.834. The third-order valence-electron chi connectivity index (χ3n) is 4.49. The molecule has 0 aliphatic carbocycles. The molecular weight excluding hydrogens is 320 g/mol. The fraction of sp³-hybridized carbons (Fsp3) is 0.421. The zero-order valence-corrected chi connectivity index (χ0v) is 14.9. The standard InChI is InChI=1S/C19H24N2O4/c1-14-4-6-18(25-14)19(22)21-10-8-20(9-11-21)13-15-12-16(23-2)5-7-17(15)24-3/h4-7,12H,8-11,13H2,1-3H3. The average molecular weight is 344 g/mol. The van der Waals surface area contributed by atoms with Gasteiger partial charge in [0.15, 0.2) is 5.76 Å². The zero-order chi connectivity index (χ0) is 17.8. The number of nitrogens with zero attached hydrogens (tertiary/aromatic N) is 2. The smallest absolute Gasteiger partial charge is 0.289 e. The van der Waals surface area contributed by atoms with Crippen molar-refractivity contribution >= 4 is 5.91 Å². The summed E-state index contributed by atoms with van der Waals surface area (Å²) in [5, 5.41) is 0. The minimum Gasteiger partial charge on any atom is -0.497 e. The Bertz CT molecular complexity index is 733. The second-order valence-corrected chi connectivity index (χ2v) is 6.16. The summed E-state index contributed by atoms with van der Waals surface area (Å²) < 4.78 is 16.2. The van der Waals surface area contributed by atoms with Gasteiger partial charge < -0.3 is 18.8 Å². The molecule has 1 saturated heterocycles. The Morgan fingerprint density at radius 2 is 1.84 bits per heavy atom. The lowest BCUT2D eigenvalue weighted by molar-refractivity contribution is 0.0595. The van der Waals surface area contributed by atoms with Gasteiger partial charge in [0, 0.05) is 38.3 Å². The van der Waals surface area contributed by atoms with Crippen LogP contribution in [-0.2, 0) is 6.54 Å². The largest absolute Gasteiger partial charge is 0.497 e. The highest BCUT2D eigenvalue weighted by Crippen LogP contribution is 2.25. The van der Waals surface area contributed by atoms with E-state index in [1.165, 1.54) is 0 Å². The molecule has 1 fully saturated rings. The number of amides is 1. The summed E-state index contributed by atoms with van der Waals surface area (Å²) in [5.74, 6) is 2.81. The van der Waals surface area contributed by atoms with Crippen molar-refractivity contribution < 1.29 is 18.7 Å². The fourth-order valence-corrected chi connectivity index (χ4v) is 3.06. The number of ether oxygens (including phenoxy) is 2. The van der Waals surface area contributed by atoms with Crippen molar-refractivity contribution in [2.24, 2.45) is 0 Å². The van der Waals surface area contributed by atoms with E-state index >= 15 is 0 Å². The number of rotatable bonds is 5. The molecule has 6 heteroatoms. The Morgan fingerprint density at radius 3 is 2.44 bits per heavy atom. The highest BCUT2D eigenvalue weighted by molar-refractivity contribution is 5.91. The van der Waals surface area contributed by atoms with E-state index in [1.807, 2.05) is 36.1 Å². The topological polar surface area (TPSA) is 55.2 Å². The van der Waals surface area contributed by atoms with Crippen LogP contribution in [0.5, 0.6) is 11.5 Å². The van der Waals surface area contributed by atoms with Crippen LogP contribution in [0.15, 0.2) is 34.7 Å². The van der Waals surface area contributed by atoms with E-state index in [4.69, 9.17) is 13.9 Å². The number of carbonyl (C=O) groups excluding carboxylic acids is 1. The van der Waals surface area contributed by atoms with Crippen LogP contribution in [0, 0.1) is 6.92 Å². The number of aryl methyl sites for hydroxylation is 1. The second kappa shape index (κ2) is 7.61. The third kappa shape index (κ3) is 3.96. The van der Waals surface area contributed by atoms with Gasteiger partial charge in [0.25, 0.3) is 5.91 Å². The van der Waals surface area contributed by atoms with Gasteiger partial charge in [0.05, 0.1) is 14.2 Å². The Kier molecular flexibility index (Phi) is 5.28. The number of hydrogen-bond acceptors (Lipinski definition) is 5. The van der Waals surface area contributed by atoms with Gasteiger partial charge >= 0.3 is 0 Å². The predicted octanol–water partition coefficient (Wildman–Crippen LogP) is 2.56. The Morgan fingerprint density at radius 1 is 1.08 bits per heavy atom. The zero-order valence-electron chi connectivity index (χ0n) is 14.9. The average Bonchev–Trinajstić information content (AvgIpc) is 3.08. The Labute approximate surface area is 147 Å². The van der Waals surface area contributed by atoms with E-state index in [2.05, 4.69) is 4.90 Å². The number of benzene rings is 1. The number of carbonyl (C=O) groups is 1. The summed E-state index contributed by atoms with van der Waals surface area (Å²) in [7, 11) is 3.33. The van der Waals surface area contributed by atoms with Crippen LogP contribution in [0.2, 0.25) is 0 Å².